The zero-order chi connectivity index (χ0) is 11.3. The Kier molecular flexibility index (Phi) is 4.92. The topological polar surface area (TPSA) is 38.0 Å². The summed E-state index contributed by atoms with van der Waals surface area (Å²) >= 11 is 5.91. The van der Waals surface area contributed by atoms with Gasteiger partial charge in [-0.05, 0) is 30.5 Å². The van der Waals surface area contributed by atoms with Crippen molar-refractivity contribution in [1.29, 1.82) is 0 Å². The van der Waals surface area contributed by atoms with Gasteiger partial charge in [-0.3, -0.25) is 0 Å². The number of anilines is 1. The number of hydrogen-bond acceptors (Lipinski definition) is 2. The van der Waals surface area contributed by atoms with Gasteiger partial charge in [-0.15, -0.1) is 0 Å². The molecule has 0 saturated carbocycles. The number of nitrogens with two attached hydrogens (primary N) is 1. The minimum atomic E-state index is 0.323. The van der Waals surface area contributed by atoms with Crippen molar-refractivity contribution in [2.75, 3.05) is 11.9 Å². The highest BCUT2D eigenvalue weighted by Gasteiger charge is 2.08. The molecule has 0 spiro atoms. The van der Waals surface area contributed by atoms with Crippen molar-refractivity contribution in [3.63, 3.8) is 0 Å². The summed E-state index contributed by atoms with van der Waals surface area (Å²) in [5, 5.41) is 4.14. The molecule has 0 aromatic heterocycles. The lowest BCUT2D eigenvalue weighted by Gasteiger charge is -2.20. The van der Waals surface area contributed by atoms with E-state index in [0.29, 0.717) is 18.5 Å². The highest BCUT2D eigenvalue weighted by atomic mass is 35.5. The summed E-state index contributed by atoms with van der Waals surface area (Å²) in [5.41, 5.74) is 6.75. The molecule has 0 fully saturated rings. The van der Waals surface area contributed by atoms with E-state index in [9.17, 15) is 0 Å². The molecule has 1 unspecified atom stereocenters. The highest BCUT2D eigenvalue weighted by Crippen LogP contribution is 2.17. The molecule has 3 heteroatoms. The molecule has 84 valence electrons. The summed E-state index contributed by atoms with van der Waals surface area (Å²) in [7, 11) is 0. The largest absolute Gasteiger partial charge is 0.381 e. The first-order valence-electron chi connectivity index (χ1n) is 5.34. The molecule has 1 rings (SSSR count). The Bertz CT molecular complexity index is 299. The van der Waals surface area contributed by atoms with Crippen LogP contribution in [0.2, 0.25) is 5.02 Å². The van der Waals surface area contributed by atoms with Gasteiger partial charge >= 0.3 is 0 Å². The van der Waals surface area contributed by atoms with Gasteiger partial charge in [0.25, 0.3) is 0 Å². The summed E-state index contributed by atoms with van der Waals surface area (Å²) in [6.45, 7) is 5.04. The molecule has 0 aliphatic rings. The van der Waals surface area contributed by atoms with Crippen LogP contribution in [0.3, 0.4) is 0 Å². The lowest BCUT2D eigenvalue weighted by Crippen LogP contribution is -2.30. The molecule has 0 heterocycles. The van der Waals surface area contributed by atoms with Crippen LogP contribution in [0.4, 0.5) is 5.69 Å². The van der Waals surface area contributed by atoms with Crippen molar-refractivity contribution in [1.82, 2.24) is 0 Å². The fourth-order valence-electron chi connectivity index (χ4n) is 1.60. The maximum Gasteiger partial charge on any atom is 0.0426 e. The molecule has 0 amide bonds. The van der Waals surface area contributed by atoms with Crippen molar-refractivity contribution in [3.8, 4) is 0 Å². The molecular weight excluding hydrogens is 208 g/mol. The first kappa shape index (κ1) is 12.3. The standard InChI is InChI=1S/C12H19ClN2/c1-9(2)6-12(8-14)15-11-5-3-4-10(13)7-11/h3-5,7,9,12,15H,6,8,14H2,1-2H3. The first-order valence-corrected chi connectivity index (χ1v) is 5.71. The molecule has 0 saturated heterocycles. The molecule has 0 aliphatic carbocycles. The Hall–Kier alpha value is -0.730. The van der Waals surface area contributed by atoms with E-state index in [-0.39, 0.29) is 0 Å². The van der Waals surface area contributed by atoms with Crippen LogP contribution in [0.5, 0.6) is 0 Å². The maximum atomic E-state index is 5.91. The minimum Gasteiger partial charge on any atom is -0.381 e. The Labute approximate surface area is 96.8 Å². The monoisotopic (exact) mass is 226 g/mol. The van der Waals surface area contributed by atoms with Gasteiger partial charge in [0.1, 0.15) is 0 Å². The van der Waals surface area contributed by atoms with Crippen LogP contribution < -0.4 is 11.1 Å². The number of rotatable bonds is 5. The predicted molar refractivity (Wildman–Crippen MR) is 67.4 cm³/mol. The second-order valence-corrected chi connectivity index (χ2v) is 4.65. The van der Waals surface area contributed by atoms with Crippen LogP contribution >= 0.6 is 11.6 Å². The SMILES string of the molecule is CC(C)CC(CN)Nc1cccc(Cl)c1. The Morgan fingerprint density at radius 3 is 2.67 bits per heavy atom. The minimum absolute atomic E-state index is 0.323. The predicted octanol–water partition coefficient (Wildman–Crippen LogP) is 3.13. The lowest BCUT2D eigenvalue weighted by molar-refractivity contribution is 0.522. The van der Waals surface area contributed by atoms with Crippen LogP contribution in [0.1, 0.15) is 20.3 Å². The number of hydrogen-bond donors (Lipinski definition) is 2. The van der Waals surface area contributed by atoms with Gasteiger partial charge in [0.15, 0.2) is 0 Å². The van der Waals surface area contributed by atoms with E-state index in [0.717, 1.165) is 17.1 Å². The Morgan fingerprint density at radius 2 is 2.13 bits per heavy atom. The van der Waals surface area contributed by atoms with Gasteiger partial charge in [0.05, 0.1) is 0 Å². The summed E-state index contributed by atoms with van der Waals surface area (Å²) in [5.74, 6) is 0.644. The van der Waals surface area contributed by atoms with Crippen LogP contribution in [0, 0.1) is 5.92 Å². The fourth-order valence-corrected chi connectivity index (χ4v) is 1.79. The van der Waals surface area contributed by atoms with E-state index in [2.05, 4.69) is 19.2 Å². The van der Waals surface area contributed by atoms with Crippen LogP contribution in [0.15, 0.2) is 24.3 Å². The van der Waals surface area contributed by atoms with Gasteiger partial charge in [-0.25, -0.2) is 0 Å². The molecule has 0 aliphatic heterocycles. The molecule has 0 bridgehead atoms. The molecule has 15 heavy (non-hydrogen) atoms. The summed E-state index contributed by atoms with van der Waals surface area (Å²) < 4.78 is 0. The average Bonchev–Trinajstić information content (AvgIpc) is 2.16. The van der Waals surface area contributed by atoms with Crippen molar-refractivity contribution in [2.24, 2.45) is 11.7 Å². The quantitative estimate of drug-likeness (QED) is 0.810. The van der Waals surface area contributed by atoms with Crippen molar-refractivity contribution >= 4 is 17.3 Å². The molecule has 1 aromatic carbocycles. The fraction of sp³-hybridized carbons (Fsp3) is 0.500. The van der Waals surface area contributed by atoms with E-state index < -0.39 is 0 Å². The van der Waals surface area contributed by atoms with E-state index in [1.807, 2.05) is 24.3 Å². The van der Waals surface area contributed by atoms with Gasteiger partial charge in [-0.1, -0.05) is 31.5 Å². The normalized spacial score (nSPS) is 12.9. The van der Waals surface area contributed by atoms with Gasteiger partial charge in [0.2, 0.25) is 0 Å². The average molecular weight is 227 g/mol. The van der Waals surface area contributed by atoms with Gasteiger partial charge in [0, 0.05) is 23.3 Å². The third-order valence-corrected chi connectivity index (χ3v) is 2.47. The Morgan fingerprint density at radius 1 is 1.40 bits per heavy atom. The molecule has 1 aromatic rings. The molecular formula is C12H19ClN2. The third-order valence-electron chi connectivity index (χ3n) is 2.24. The zero-order valence-corrected chi connectivity index (χ0v) is 10.1. The van der Waals surface area contributed by atoms with Crippen molar-refractivity contribution in [2.45, 2.75) is 26.3 Å². The highest BCUT2D eigenvalue weighted by molar-refractivity contribution is 6.30. The summed E-state index contributed by atoms with van der Waals surface area (Å²) in [6.07, 6.45) is 1.07. The molecule has 3 N–H and O–H groups in total. The van der Waals surface area contributed by atoms with E-state index in [4.69, 9.17) is 17.3 Å². The summed E-state index contributed by atoms with van der Waals surface area (Å²) in [4.78, 5) is 0. The maximum absolute atomic E-state index is 5.91. The van der Waals surface area contributed by atoms with E-state index in [1.54, 1.807) is 0 Å². The van der Waals surface area contributed by atoms with E-state index >= 15 is 0 Å². The molecule has 1 atom stereocenters. The van der Waals surface area contributed by atoms with Crippen LogP contribution in [0.25, 0.3) is 0 Å². The number of nitrogens with one attached hydrogen (secondary N) is 1. The Balaban J connectivity index is 2.58. The second kappa shape index (κ2) is 5.99. The molecule has 2 nitrogen and oxygen atoms in total. The lowest BCUT2D eigenvalue weighted by atomic mass is 10.0. The third kappa shape index (κ3) is 4.54. The molecule has 0 radical (unpaired) electrons. The second-order valence-electron chi connectivity index (χ2n) is 4.22. The number of benzene rings is 1. The van der Waals surface area contributed by atoms with Crippen molar-refractivity contribution in [3.05, 3.63) is 29.3 Å². The zero-order valence-electron chi connectivity index (χ0n) is 9.33. The van der Waals surface area contributed by atoms with Gasteiger partial charge in [-0.2, -0.15) is 0 Å². The van der Waals surface area contributed by atoms with Gasteiger partial charge < -0.3 is 11.1 Å². The van der Waals surface area contributed by atoms with E-state index in [1.165, 1.54) is 0 Å². The van der Waals surface area contributed by atoms with Crippen LogP contribution in [-0.2, 0) is 0 Å². The first-order chi connectivity index (χ1) is 7.11. The van der Waals surface area contributed by atoms with Crippen molar-refractivity contribution < 1.29 is 0 Å². The summed E-state index contributed by atoms with van der Waals surface area (Å²) in [6, 6.07) is 8.06. The number of halogens is 1. The van der Waals surface area contributed by atoms with Crippen LogP contribution in [-0.4, -0.2) is 12.6 Å². The smallest absolute Gasteiger partial charge is 0.0426 e.